The summed E-state index contributed by atoms with van der Waals surface area (Å²) in [5.74, 6) is -0.170. The molecule has 3 aromatic carbocycles. The van der Waals surface area contributed by atoms with Gasteiger partial charge in [0.25, 0.3) is 0 Å². The molecule has 3 aromatic rings. The van der Waals surface area contributed by atoms with Crippen molar-refractivity contribution >= 4 is 17.3 Å². The highest BCUT2D eigenvalue weighted by atomic mass is 16.5. The van der Waals surface area contributed by atoms with Crippen molar-refractivity contribution in [1.29, 1.82) is 0 Å². The van der Waals surface area contributed by atoms with Gasteiger partial charge in [-0.25, -0.2) is 4.79 Å². The molecule has 0 fully saturated rings. The van der Waals surface area contributed by atoms with E-state index in [4.69, 9.17) is 9.47 Å². The number of hydrogen-bond donors (Lipinski definition) is 1. The van der Waals surface area contributed by atoms with E-state index < -0.39 is 12.1 Å². The molecule has 0 heterocycles. The maximum atomic E-state index is 11.4. The minimum Gasteiger partial charge on any atom is -0.490 e. The number of benzene rings is 3. The molecule has 1 N–H and O–H groups in total. The number of aliphatic carboxylic acids is 1. The highest BCUT2D eigenvalue weighted by molar-refractivity contribution is 5.94. The predicted octanol–water partition coefficient (Wildman–Crippen LogP) is 6.07. The fourth-order valence-electron chi connectivity index (χ4n) is 3.56. The van der Waals surface area contributed by atoms with Gasteiger partial charge in [-0.15, -0.1) is 0 Å². The first kappa shape index (κ1) is 24.9. The van der Waals surface area contributed by atoms with Crippen LogP contribution in [0.25, 0.3) is 16.7 Å². The van der Waals surface area contributed by atoms with E-state index in [1.165, 1.54) is 0 Å². The molecule has 0 radical (unpaired) electrons. The summed E-state index contributed by atoms with van der Waals surface area (Å²) < 4.78 is 11.1. The Morgan fingerprint density at radius 3 is 1.91 bits per heavy atom. The largest absolute Gasteiger partial charge is 0.490 e. The lowest BCUT2D eigenvalue weighted by atomic mass is 9.99. The lowest BCUT2D eigenvalue weighted by molar-refractivity contribution is -0.149. The molecule has 0 aliphatic heterocycles. The van der Waals surface area contributed by atoms with Crippen molar-refractivity contribution in [3.63, 3.8) is 0 Å². The first-order valence-electron chi connectivity index (χ1n) is 11.3. The Hall–Kier alpha value is -3.70. The number of carboxylic acids is 1. The summed E-state index contributed by atoms with van der Waals surface area (Å²) in [4.78, 5) is 22.7. The fraction of sp³-hybridized carbons (Fsp3) is 0.241. The Kier molecular flexibility index (Phi) is 8.77. The van der Waals surface area contributed by atoms with Gasteiger partial charge in [0.05, 0.1) is 0 Å². The van der Waals surface area contributed by atoms with Crippen LogP contribution in [0.4, 0.5) is 0 Å². The number of rotatable bonds is 11. The maximum absolute atomic E-state index is 11.4. The maximum Gasteiger partial charge on any atom is 0.333 e. The van der Waals surface area contributed by atoms with Crippen LogP contribution >= 0.6 is 0 Å². The fourth-order valence-corrected chi connectivity index (χ4v) is 3.56. The Balaban J connectivity index is 1.55. The summed E-state index contributed by atoms with van der Waals surface area (Å²) in [6.07, 6.45) is 1.51. The molecular weight excluding hydrogens is 428 g/mol. The molecule has 0 spiro atoms. The minimum atomic E-state index is -0.957. The Labute approximate surface area is 200 Å². The number of Topliss-reactive ketones (excluding diaryl/α,β-unsaturated/α-hetero) is 1. The van der Waals surface area contributed by atoms with Crippen molar-refractivity contribution in [2.24, 2.45) is 0 Å². The smallest absolute Gasteiger partial charge is 0.333 e. The quantitative estimate of drug-likeness (QED) is 0.353. The number of allylic oxidation sites excluding steroid dienone is 1. The number of carbonyl (C=O) groups is 2. The van der Waals surface area contributed by atoms with Gasteiger partial charge in [0.15, 0.2) is 11.9 Å². The molecule has 5 nitrogen and oxygen atoms in total. The van der Waals surface area contributed by atoms with Crippen molar-refractivity contribution in [2.75, 3.05) is 13.2 Å². The first-order valence-corrected chi connectivity index (χ1v) is 11.3. The van der Waals surface area contributed by atoms with Crippen LogP contribution in [0.3, 0.4) is 0 Å². The lowest BCUT2D eigenvalue weighted by Crippen LogP contribution is -2.26. The van der Waals surface area contributed by atoms with Crippen LogP contribution in [0.15, 0.2) is 78.9 Å². The second kappa shape index (κ2) is 12.0. The molecule has 34 heavy (non-hydrogen) atoms. The van der Waals surface area contributed by atoms with E-state index in [0.717, 1.165) is 33.6 Å². The Bertz CT molecular complexity index is 1130. The molecule has 5 heteroatoms. The molecule has 1 atom stereocenters. The molecule has 0 aromatic heterocycles. The summed E-state index contributed by atoms with van der Waals surface area (Å²) >= 11 is 0. The van der Waals surface area contributed by atoms with Gasteiger partial charge in [0.1, 0.15) is 12.4 Å². The molecule has 0 saturated carbocycles. The van der Waals surface area contributed by atoms with E-state index in [1.807, 2.05) is 61.5 Å². The van der Waals surface area contributed by atoms with Crippen molar-refractivity contribution < 1.29 is 24.2 Å². The summed E-state index contributed by atoms with van der Waals surface area (Å²) in [6, 6.07) is 23.3. The van der Waals surface area contributed by atoms with Crippen molar-refractivity contribution in [1.82, 2.24) is 0 Å². The molecule has 0 aliphatic carbocycles. The average Bonchev–Trinajstić information content (AvgIpc) is 2.85. The predicted molar refractivity (Wildman–Crippen MR) is 134 cm³/mol. The Morgan fingerprint density at radius 2 is 1.41 bits per heavy atom. The van der Waals surface area contributed by atoms with E-state index in [0.29, 0.717) is 25.2 Å². The van der Waals surface area contributed by atoms with Crippen molar-refractivity contribution in [3.8, 4) is 16.9 Å². The topological polar surface area (TPSA) is 72.8 Å². The molecule has 0 aliphatic rings. The van der Waals surface area contributed by atoms with Gasteiger partial charge in [0, 0.05) is 18.6 Å². The molecule has 176 valence electrons. The van der Waals surface area contributed by atoms with Crippen LogP contribution < -0.4 is 4.74 Å². The van der Waals surface area contributed by atoms with Gasteiger partial charge < -0.3 is 14.6 Å². The second-order valence-corrected chi connectivity index (χ2v) is 8.04. The molecule has 0 bridgehead atoms. The zero-order valence-corrected chi connectivity index (χ0v) is 19.8. The summed E-state index contributed by atoms with van der Waals surface area (Å²) in [5, 5.41) is 9.22. The summed E-state index contributed by atoms with van der Waals surface area (Å²) in [7, 11) is 0. The third-order valence-electron chi connectivity index (χ3n) is 5.59. The third-order valence-corrected chi connectivity index (χ3v) is 5.59. The third kappa shape index (κ3) is 6.90. The van der Waals surface area contributed by atoms with Crippen LogP contribution in [0.2, 0.25) is 0 Å². The highest BCUT2D eigenvalue weighted by Crippen LogP contribution is 2.23. The van der Waals surface area contributed by atoms with Gasteiger partial charge >= 0.3 is 5.97 Å². The number of hydrogen-bond acceptors (Lipinski definition) is 4. The van der Waals surface area contributed by atoms with Gasteiger partial charge in [-0.1, -0.05) is 60.7 Å². The van der Waals surface area contributed by atoms with Crippen LogP contribution in [-0.2, 0) is 16.0 Å². The number of ketones is 1. The summed E-state index contributed by atoms with van der Waals surface area (Å²) in [6.45, 7) is 6.18. The standard InChI is InChI=1S/C29H30O5/c1-4-33-28(29(31)32)19-22-5-15-27(16-6-22)34-18-17-20(2)23-7-11-25(12-8-23)26-13-9-24(10-14-26)21(3)30/h5-17,28H,4,18-19H2,1-3H3,(H,31,32)/t28-/m0/s1. The second-order valence-electron chi connectivity index (χ2n) is 8.04. The number of carbonyl (C=O) groups excluding carboxylic acids is 1. The molecule has 0 saturated heterocycles. The van der Waals surface area contributed by atoms with Crippen LogP contribution in [-0.4, -0.2) is 36.2 Å². The zero-order valence-electron chi connectivity index (χ0n) is 19.8. The average molecular weight is 459 g/mol. The SMILES string of the molecule is CCO[C@@H](Cc1ccc(OCC=C(C)c2ccc(-c3ccc(C(C)=O)cc3)cc2)cc1)C(=O)O. The van der Waals surface area contributed by atoms with Gasteiger partial charge in [-0.3, -0.25) is 4.79 Å². The van der Waals surface area contributed by atoms with Gasteiger partial charge in [-0.2, -0.15) is 0 Å². The van der Waals surface area contributed by atoms with Crippen LogP contribution in [0.1, 0.15) is 42.3 Å². The number of carboxylic acid groups (broad SMARTS) is 1. The van der Waals surface area contributed by atoms with Gasteiger partial charge in [-0.05, 0) is 66.8 Å². The normalized spacial score (nSPS) is 12.3. The van der Waals surface area contributed by atoms with Crippen molar-refractivity contribution in [2.45, 2.75) is 33.3 Å². The number of ether oxygens (including phenoxy) is 2. The Morgan fingerprint density at radius 1 is 0.853 bits per heavy atom. The minimum absolute atomic E-state index is 0.0641. The molecule has 3 rings (SSSR count). The van der Waals surface area contributed by atoms with E-state index in [9.17, 15) is 14.7 Å². The van der Waals surface area contributed by atoms with Crippen molar-refractivity contribution in [3.05, 3.63) is 95.6 Å². The lowest BCUT2D eigenvalue weighted by Gasteiger charge is -2.12. The monoisotopic (exact) mass is 458 g/mol. The van der Waals surface area contributed by atoms with E-state index in [1.54, 1.807) is 13.8 Å². The van der Waals surface area contributed by atoms with E-state index >= 15 is 0 Å². The van der Waals surface area contributed by atoms with Crippen LogP contribution in [0, 0.1) is 0 Å². The van der Waals surface area contributed by atoms with Crippen LogP contribution in [0.5, 0.6) is 5.75 Å². The molecular formula is C29H30O5. The highest BCUT2D eigenvalue weighted by Gasteiger charge is 2.17. The zero-order chi connectivity index (χ0) is 24.5. The molecule has 0 amide bonds. The van der Waals surface area contributed by atoms with E-state index in [2.05, 4.69) is 24.3 Å². The van der Waals surface area contributed by atoms with E-state index in [-0.39, 0.29) is 5.78 Å². The summed E-state index contributed by atoms with van der Waals surface area (Å²) in [5.41, 5.74) is 5.98. The van der Waals surface area contributed by atoms with Gasteiger partial charge in [0.2, 0.25) is 0 Å². The first-order chi connectivity index (χ1) is 16.4. The molecule has 0 unspecified atom stereocenters.